The van der Waals surface area contributed by atoms with Crippen LogP contribution in [0.3, 0.4) is 0 Å². The molecule has 1 unspecified atom stereocenters. The fourth-order valence-electron chi connectivity index (χ4n) is 3.57. The zero-order chi connectivity index (χ0) is 20.7. The molecule has 3 aromatic heterocycles. The average molecular weight is 421 g/mol. The minimum absolute atomic E-state index is 0.372. The highest BCUT2D eigenvalue weighted by Crippen LogP contribution is 2.46. The molecule has 0 bridgehead atoms. The fourth-order valence-corrected chi connectivity index (χ4v) is 4.55. The molecule has 0 fully saturated rings. The molecule has 10 heteroatoms. The summed E-state index contributed by atoms with van der Waals surface area (Å²) in [4.78, 5) is 24.9. The normalized spacial score (nSPS) is 13.9. The maximum atomic E-state index is 10.1. The molecule has 152 valence electrons. The van der Waals surface area contributed by atoms with Gasteiger partial charge in [0, 0.05) is 30.9 Å². The number of aliphatic hydroxyl groups is 1. The van der Waals surface area contributed by atoms with Gasteiger partial charge in [0.1, 0.15) is 23.6 Å². The molecule has 4 heterocycles. The number of fused-ring (bicyclic) bond motifs is 3. The first-order chi connectivity index (χ1) is 14.7. The minimum atomic E-state index is -0.710. The number of hydrogen-bond donors (Lipinski definition) is 1. The van der Waals surface area contributed by atoms with E-state index in [0.29, 0.717) is 24.6 Å². The van der Waals surface area contributed by atoms with E-state index in [0.717, 1.165) is 32.5 Å². The fraction of sp³-hybridized carbons (Fsp3) is 0.250. The van der Waals surface area contributed by atoms with Gasteiger partial charge in [0.25, 0.3) is 0 Å². The van der Waals surface area contributed by atoms with Crippen molar-refractivity contribution in [2.24, 2.45) is 0 Å². The highest BCUT2D eigenvalue weighted by molar-refractivity contribution is 7.99. The van der Waals surface area contributed by atoms with Crippen molar-refractivity contribution in [2.45, 2.75) is 29.5 Å². The van der Waals surface area contributed by atoms with Gasteiger partial charge in [-0.25, -0.2) is 24.9 Å². The van der Waals surface area contributed by atoms with Crippen molar-refractivity contribution < 1.29 is 9.84 Å². The second-order valence-electron chi connectivity index (χ2n) is 6.91. The van der Waals surface area contributed by atoms with E-state index in [1.54, 1.807) is 44.5 Å². The van der Waals surface area contributed by atoms with Crippen LogP contribution in [0.1, 0.15) is 24.3 Å². The van der Waals surface area contributed by atoms with Crippen LogP contribution in [0.15, 0.2) is 53.2 Å². The highest BCUT2D eigenvalue weighted by atomic mass is 32.2. The Balaban J connectivity index is 1.55. The number of aromatic nitrogens is 6. The van der Waals surface area contributed by atoms with Crippen LogP contribution in [0.5, 0.6) is 0 Å². The van der Waals surface area contributed by atoms with Crippen molar-refractivity contribution in [1.29, 1.82) is 0 Å². The third-order valence-corrected chi connectivity index (χ3v) is 5.91. The maximum Gasteiger partial charge on any atom is 0.181 e. The third-order valence-electron chi connectivity index (χ3n) is 4.87. The Bertz CT molecular complexity index is 1230. The lowest BCUT2D eigenvalue weighted by Crippen LogP contribution is -2.24. The largest absolute Gasteiger partial charge is 0.387 e. The number of benzene rings is 1. The molecule has 1 aliphatic rings. The predicted octanol–water partition coefficient (Wildman–Crippen LogP) is 2.92. The molecule has 1 atom stereocenters. The standard InChI is InChI=1S/C20H19N7O2S/c1-12(28)16-17-18(24-9-23-16)25-10-26(17)8-13-3-4-15-14(7-13)27(11-29-2)19-20(30-15)22-6-5-21-19/h3-7,9-10,12,28H,8,11H2,1-2H3. The molecule has 1 aliphatic heterocycles. The molecule has 1 N–H and O–H groups in total. The van der Waals surface area contributed by atoms with Gasteiger partial charge < -0.3 is 14.4 Å². The second-order valence-corrected chi connectivity index (χ2v) is 7.95. The molecule has 0 saturated heterocycles. The quantitative estimate of drug-likeness (QED) is 0.521. The van der Waals surface area contributed by atoms with Crippen LogP contribution in [-0.4, -0.2) is 48.4 Å². The molecule has 0 amide bonds. The van der Waals surface area contributed by atoms with Gasteiger partial charge >= 0.3 is 0 Å². The minimum Gasteiger partial charge on any atom is -0.387 e. The monoisotopic (exact) mass is 421 g/mol. The van der Waals surface area contributed by atoms with E-state index in [1.165, 1.54) is 6.33 Å². The lowest BCUT2D eigenvalue weighted by molar-refractivity contribution is 0.195. The van der Waals surface area contributed by atoms with Crippen molar-refractivity contribution in [2.75, 3.05) is 18.7 Å². The molecule has 9 nitrogen and oxygen atoms in total. The van der Waals surface area contributed by atoms with Gasteiger partial charge in [-0.2, -0.15) is 0 Å². The number of imidazole rings is 1. The summed E-state index contributed by atoms with van der Waals surface area (Å²) in [5.74, 6) is 0.784. The van der Waals surface area contributed by atoms with Crippen LogP contribution >= 0.6 is 11.8 Å². The molecule has 1 aromatic carbocycles. The van der Waals surface area contributed by atoms with Gasteiger partial charge in [-0.1, -0.05) is 17.8 Å². The average Bonchev–Trinajstić information content (AvgIpc) is 3.17. The topological polar surface area (TPSA) is 102 Å². The zero-order valence-corrected chi connectivity index (χ0v) is 17.2. The number of hydrogen-bond acceptors (Lipinski definition) is 9. The van der Waals surface area contributed by atoms with Gasteiger partial charge in [-0.15, -0.1) is 0 Å². The zero-order valence-electron chi connectivity index (χ0n) is 16.4. The van der Waals surface area contributed by atoms with Crippen molar-refractivity contribution in [3.8, 4) is 0 Å². The van der Waals surface area contributed by atoms with Crippen LogP contribution < -0.4 is 4.90 Å². The summed E-state index contributed by atoms with van der Waals surface area (Å²) in [6.45, 7) is 2.63. The Hall–Kier alpha value is -3.08. The van der Waals surface area contributed by atoms with Gasteiger partial charge in [-0.3, -0.25) is 4.90 Å². The third kappa shape index (κ3) is 3.18. The first-order valence-electron chi connectivity index (χ1n) is 9.37. The van der Waals surface area contributed by atoms with Gasteiger partial charge in [0.05, 0.1) is 23.8 Å². The summed E-state index contributed by atoms with van der Waals surface area (Å²) in [5, 5.41) is 11.0. The van der Waals surface area contributed by atoms with E-state index >= 15 is 0 Å². The van der Waals surface area contributed by atoms with Gasteiger partial charge in [0.2, 0.25) is 0 Å². The Kier molecular flexibility index (Phi) is 4.81. The molecule has 0 radical (unpaired) electrons. The van der Waals surface area contributed by atoms with E-state index in [4.69, 9.17) is 4.74 Å². The van der Waals surface area contributed by atoms with Crippen LogP contribution in [-0.2, 0) is 11.3 Å². The molecule has 0 saturated carbocycles. The van der Waals surface area contributed by atoms with Crippen LogP contribution in [0.4, 0.5) is 11.5 Å². The van der Waals surface area contributed by atoms with Crippen LogP contribution in [0, 0.1) is 0 Å². The first-order valence-corrected chi connectivity index (χ1v) is 10.2. The molecular formula is C20H19N7O2S. The molecule has 0 spiro atoms. The molecular weight excluding hydrogens is 402 g/mol. The first kappa shape index (κ1) is 18.9. The Morgan fingerprint density at radius 3 is 2.83 bits per heavy atom. The summed E-state index contributed by atoms with van der Waals surface area (Å²) in [7, 11) is 1.66. The lowest BCUT2D eigenvalue weighted by Gasteiger charge is -2.30. The Morgan fingerprint density at radius 2 is 2.00 bits per heavy atom. The molecule has 30 heavy (non-hydrogen) atoms. The number of methoxy groups -OCH3 is 1. The SMILES string of the molecule is COCN1c2cc(Cn3cnc4ncnc(C(C)O)c43)ccc2Sc2nccnc21. The smallest absolute Gasteiger partial charge is 0.181 e. The van der Waals surface area contributed by atoms with E-state index in [2.05, 4.69) is 43.1 Å². The van der Waals surface area contributed by atoms with Gasteiger partial charge in [-0.05, 0) is 24.6 Å². The van der Waals surface area contributed by atoms with E-state index < -0.39 is 6.10 Å². The van der Waals surface area contributed by atoms with Crippen molar-refractivity contribution in [1.82, 2.24) is 29.5 Å². The summed E-state index contributed by atoms with van der Waals surface area (Å²) in [6, 6.07) is 6.29. The molecule has 0 aliphatic carbocycles. The van der Waals surface area contributed by atoms with Gasteiger partial charge in [0.15, 0.2) is 11.5 Å². The van der Waals surface area contributed by atoms with E-state index in [-0.39, 0.29) is 0 Å². The van der Waals surface area contributed by atoms with Crippen LogP contribution in [0.2, 0.25) is 0 Å². The van der Waals surface area contributed by atoms with E-state index in [1.807, 2.05) is 9.47 Å². The Morgan fingerprint density at radius 1 is 1.13 bits per heavy atom. The number of anilines is 2. The molecule has 5 rings (SSSR count). The van der Waals surface area contributed by atoms with Crippen molar-refractivity contribution in [3.05, 3.63) is 54.5 Å². The van der Waals surface area contributed by atoms with E-state index in [9.17, 15) is 5.11 Å². The number of aliphatic hydroxyl groups excluding tert-OH is 1. The highest BCUT2D eigenvalue weighted by Gasteiger charge is 2.26. The Labute approximate surface area is 176 Å². The number of ether oxygens (including phenoxy) is 1. The summed E-state index contributed by atoms with van der Waals surface area (Å²) >= 11 is 1.59. The second kappa shape index (κ2) is 7.63. The predicted molar refractivity (Wildman–Crippen MR) is 112 cm³/mol. The number of nitrogens with zero attached hydrogens (tertiary/aromatic N) is 7. The van der Waals surface area contributed by atoms with Crippen molar-refractivity contribution >= 4 is 34.4 Å². The van der Waals surface area contributed by atoms with Crippen molar-refractivity contribution in [3.63, 3.8) is 0 Å². The molecule has 4 aromatic rings. The summed E-state index contributed by atoms with van der Waals surface area (Å²) in [5.41, 5.74) is 3.96. The summed E-state index contributed by atoms with van der Waals surface area (Å²) < 4.78 is 7.39. The van der Waals surface area contributed by atoms with Crippen LogP contribution in [0.25, 0.3) is 11.2 Å². The summed E-state index contributed by atoms with van der Waals surface area (Å²) in [6.07, 6.45) is 5.83. The maximum absolute atomic E-state index is 10.1. The number of rotatable bonds is 5. The lowest BCUT2D eigenvalue weighted by atomic mass is 10.1.